The van der Waals surface area contributed by atoms with Crippen molar-refractivity contribution in [2.24, 2.45) is 4.99 Å². The lowest BCUT2D eigenvalue weighted by atomic mass is 10.2. The molecular weight excluding hydrogens is 250 g/mol. The molecule has 0 fully saturated rings. The molecule has 0 saturated heterocycles. The van der Waals surface area contributed by atoms with Crippen LogP contribution >= 0.6 is 11.8 Å². The second-order valence-electron chi connectivity index (χ2n) is 3.48. The molecule has 0 atom stereocenters. The fourth-order valence-electron chi connectivity index (χ4n) is 1.38. The highest BCUT2D eigenvalue weighted by Crippen LogP contribution is 2.23. The molecule has 0 bridgehead atoms. The third-order valence-corrected chi connectivity index (χ3v) is 3.06. The molecule has 6 heteroatoms. The van der Waals surface area contributed by atoms with E-state index in [1.165, 1.54) is 7.11 Å². The summed E-state index contributed by atoms with van der Waals surface area (Å²) in [6.45, 7) is 0. The summed E-state index contributed by atoms with van der Waals surface area (Å²) in [5.41, 5.74) is 7.05. The molecule has 0 aliphatic carbocycles. The summed E-state index contributed by atoms with van der Waals surface area (Å²) in [5, 5.41) is 2.00. The minimum absolute atomic E-state index is 0.543. The van der Waals surface area contributed by atoms with Gasteiger partial charge in [-0.25, -0.2) is 15.2 Å². The predicted octanol–water partition coefficient (Wildman–Crippen LogP) is 1.99. The van der Waals surface area contributed by atoms with Crippen LogP contribution in [0.25, 0.3) is 5.70 Å². The average Bonchev–Trinajstić information content (AvgIpc) is 2.46. The maximum atomic E-state index is 10.9. The zero-order chi connectivity index (χ0) is 12.8. The van der Waals surface area contributed by atoms with Gasteiger partial charge in [0, 0.05) is 5.56 Å². The van der Waals surface area contributed by atoms with Crippen molar-refractivity contribution in [1.82, 2.24) is 10.9 Å². The third kappa shape index (κ3) is 3.27. The molecule has 1 amide bonds. The molecule has 5 nitrogen and oxygen atoms in total. The van der Waals surface area contributed by atoms with Gasteiger partial charge in [-0.3, -0.25) is 5.43 Å². The number of ether oxygens (including phenoxy) is 1. The van der Waals surface area contributed by atoms with Crippen molar-refractivity contribution in [3.8, 4) is 0 Å². The van der Waals surface area contributed by atoms with Crippen LogP contribution in [0, 0.1) is 0 Å². The van der Waals surface area contributed by atoms with E-state index in [2.05, 4.69) is 20.6 Å². The molecule has 0 unspecified atom stereocenters. The predicted molar refractivity (Wildman–Crippen MR) is 73.0 cm³/mol. The van der Waals surface area contributed by atoms with Crippen molar-refractivity contribution in [2.45, 2.75) is 0 Å². The van der Waals surface area contributed by atoms with Crippen LogP contribution in [0.4, 0.5) is 4.79 Å². The largest absolute Gasteiger partial charge is 0.452 e. The summed E-state index contributed by atoms with van der Waals surface area (Å²) >= 11 is 1.62. The molecule has 1 aromatic carbocycles. The van der Waals surface area contributed by atoms with Crippen molar-refractivity contribution in [1.29, 1.82) is 0 Å². The number of carbonyl (C=O) groups excluding carboxylic acids is 1. The highest BCUT2D eigenvalue weighted by atomic mass is 32.2. The van der Waals surface area contributed by atoms with Crippen molar-refractivity contribution in [3.05, 3.63) is 41.3 Å². The van der Waals surface area contributed by atoms with E-state index in [-0.39, 0.29) is 0 Å². The molecular formula is C12H13N3O2S. The normalized spacial score (nSPS) is 14.3. The summed E-state index contributed by atoms with van der Waals surface area (Å²) in [6, 6.07) is 9.87. The molecule has 0 aromatic heterocycles. The van der Waals surface area contributed by atoms with Gasteiger partial charge >= 0.3 is 6.09 Å². The van der Waals surface area contributed by atoms with E-state index < -0.39 is 6.09 Å². The molecule has 2 rings (SSSR count). The summed E-state index contributed by atoms with van der Waals surface area (Å²) in [7, 11) is 1.31. The van der Waals surface area contributed by atoms with Gasteiger partial charge in [0.25, 0.3) is 0 Å². The monoisotopic (exact) mass is 263 g/mol. The Morgan fingerprint density at radius 2 is 2.17 bits per heavy atom. The summed E-state index contributed by atoms with van der Waals surface area (Å²) < 4.78 is 4.46. The SMILES string of the molecule is COC(=O)NNC1=NC(c2ccccc2)=CSC1. The fraction of sp³-hybridized carbons (Fsp3) is 0.167. The number of methoxy groups -OCH3 is 1. The first-order chi connectivity index (χ1) is 8.79. The van der Waals surface area contributed by atoms with Gasteiger partial charge in [-0.15, -0.1) is 11.8 Å². The van der Waals surface area contributed by atoms with Crippen molar-refractivity contribution >= 4 is 29.4 Å². The maximum absolute atomic E-state index is 10.9. The van der Waals surface area contributed by atoms with Crippen LogP contribution in [0.2, 0.25) is 0 Å². The molecule has 1 aliphatic heterocycles. The van der Waals surface area contributed by atoms with E-state index in [9.17, 15) is 4.79 Å². The van der Waals surface area contributed by atoms with E-state index in [0.29, 0.717) is 11.6 Å². The van der Waals surface area contributed by atoms with Crippen molar-refractivity contribution in [2.75, 3.05) is 12.9 Å². The van der Waals surface area contributed by atoms with Crippen molar-refractivity contribution in [3.63, 3.8) is 0 Å². The van der Waals surface area contributed by atoms with E-state index in [1.807, 2.05) is 35.7 Å². The van der Waals surface area contributed by atoms with Crippen LogP contribution in [-0.4, -0.2) is 24.8 Å². The number of benzene rings is 1. The first-order valence-electron chi connectivity index (χ1n) is 5.34. The Morgan fingerprint density at radius 3 is 2.89 bits per heavy atom. The number of hydrazine groups is 1. The number of carbonyl (C=O) groups is 1. The quantitative estimate of drug-likeness (QED) is 0.761. The lowest BCUT2D eigenvalue weighted by molar-refractivity contribution is 0.168. The van der Waals surface area contributed by atoms with Crippen molar-refractivity contribution < 1.29 is 9.53 Å². The standard InChI is InChI=1S/C12H13N3O2S/c1-17-12(16)15-14-11-8-18-7-10(13-11)9-5-3-2-4-6-9/h2-7H,8H2,1H3,(H,13,14)(H,15,16). The van der Waals surface area contributed by atoms with Gasteiger partial charge in [-0.1, -0.05) is 30.3 Å². The Labute approximate surface area is 109 Å². The third-order valence-electron chi connectivity index (χ3n) is 2.23. The molecule has 1 aliphatic rings. The molecule has 0 radical (unpaired) electrons. The number of hydrogen-bond donors (Lipinski definition) is 2. The van der Waals surface area contributed by atoms with E-state index in [4.69, 9.17) is 0 Å². The molecule has 18 heavy (non-hydrogen) atoms. The van der Waals surface area contributed by atoms with Gasteiger partial charge in [0.05, 0.1) is 18.6 Å². The van der Waals surface area contributed by atoms with Crippen LogP contribution < -0.4 is 10.9 Å². The Morgan fingerprint density at radius 1 is 1.39 bits per heavy atom. The molecule has 2 N–H and O–H groups in total. The first-order valence-corrected chi connectivity index (χ1v) is 6.39. The second-order valence-corrected chi connectivity index (χ2v) is 4.34. The molecule has 1 aromatic rings. The Hall–Kier alpha value is -1.95. The number of aliphatic imine (C=N–C) groups is 1. The smallest absolute Gasteiger partial charge is 0.425 e. The van der Waals surface area contributed by atoms with Crippen LogP contribution in [-0.2, 0) is 4.74 Å². The van der Waals surface area contributed by atoms with Gasteiger partial charge in [0.15, 0.2) is 0 Å². The Balaban J connectivity index is 2.04. The van der Waals surface area contributed by atoms with E-state index in [0.717, 1.165) is 11.3 Å². The number of nitrogens with zero attached hydrogens (tertiary/aromatic N) is 1. The average molecular weight is 263 g/mol. The molecule has 1 heterocycles. The number of thioether (sulfide) groups is 1. The summed E-state index contributed by atoms with van der Waals surface area (Å²) in [6.07, 6.45) is -0.543. The van der Waals surface area contributed by atoms with Gasteiger partial charge in [-0.2, -0.15) is 0 Å². The van der Waals surface area contributed by atoms with Crippen LogP contribution in [0.15, 0.2) is 40.7 Å². The van der Waals surface area contributed by atoms with E-state index in [1.54, 1.807) is 11.8 Å². The van der Waals surface area contributed by atoms with Crippen LogP contribution in [0.1, 0.15) is 5.56 Å². The molecule has 0 saturated carbocycles. The van der Waals surface area contributed by atoms with E-state index >= 15 is 0 Å². The Kier molecular flexibility index (Phi) is 4.25. The highest BCUT2D eigenvalue weighted by molar-refractivity contribution is 8.03. The lowest BCUT2D eigenvalue weighted by Crippen LogP contribution is -2.42. The van der Waals surface area contributed by atoms with Gasteiger partial charge in [0.2, 0.25) is 0 Å². The zero-order valence-corrected chi connectivity index (χ0v) is 10.7. The lowest BCUT2D eigenvalue weighted by Gasteiger charge is -2.14. The van der Waals surface area contributed by atoms with Crippen LogP contribution in [0.3, 0.4) is 0 Å². The second kappa shape index (κ2) is 6.11. The minimum Gasteiger partial charge on any atom is -0.452 e. The van der Waals surface area contributed by atoms with Crippen LogP contribution in [0.5, 0.6) is 0 Å². The number of amidine groups is 1. The minimum atomic E-state index is -0.543. The highest BCUT2D eigenvalue weighted by Gasteiger charge is 2.09. The topological polar surface area (TPSA) is 62.7 Å². The van der Waals surface area contributed by atoms with Gasteiger partial charge in [0.1, 0.15) is 5.84 Å². The zero-order valence-electron chi connectivity index (χ0n) is 9.84. The Bertz CT molecular complexity index is 485. The molecule has 0 spiro atoms. The van der Waals surface area contributed by atoms with Gasteiger partial charge < -0.3 is 4.74 Å². The summed E-state index contributed by atoms with van der Waals surface area (Å²) in [4.78, 5) is 15.4. The van der Waals surface area contributed by atoms with Gasteiger partial charge in [-0.05, 0) is 5.41 Å². The number of nitrogens with one attached hydrogen (secondary N) is 2. The maximum Gasteiger partial charge on any atom is 0.425 e. The number of amides is 1. The molecule has 94 valence electrons. The first kappa shape index (κ1) is 12.5. The number of rotatable bonds is 1. The summed E-state index contributed by atoms with van der Waals surface area (Å²) in [5.74, 6) is 1.37. The number of hydrogen-bond acceptors (Lipinski definition) is 5. The fourth-order valence-corrected chi connectivity index (χ4v) is 2.11.